The Labute approximate surface area is 167 Å². The Kier molecular flexibility index (Phi) is 6.44. The van der Waals surface area contributed by atoms with Gasteiger partial charge >= 0.3 is 0 Å². The molecule has 1 heterocycles. The molecule has 26 heavy (non-hydrogen) atoms. The predicted molar refractivity (Wildman–Crippen MR) is 113 cm³/mol. The first-order valence-electron chi connectivity index (χ1n) is 8.70. The number of carbonyl (C=O) groups is 2. The predicted octanol–water partition coefficient (Wildman–Crippen LogP) is 4.18. The lowest BCUT2D eigenvalue weighted by Crippen LogP contribution is -2.40. The minimum absolute atomic E-state index is 0.00495. The molecule has 4 nitrogen and oxygen atoms in total. The van der Waals surface area contributed by atoms with E-state index in [2.05, 4.69) is 27.9 Å². The smallest absolute Gasteiger partial charge is 0.246 e. The first kappa shape index (κ1) is 18.6. The molecule has 2 amide bonds. The van der Waals surface area contributed by atoms with Gasteiger partial charge in [0.15, 0.2) is 0 Å². The molecule has 1 fully saturated rings. The highest BCUT2D eigenvalue weighted by Gasteiger charge is 2.26. The largest absolute Gasteiger partial charge is 0.339 e. The van der Waals surface area contributed by atoms with E-state index in [0.29, 0.717) is 25.9 Å². The van der Waals surface area contributed by atoms with Gasteiger partial charge in [0, 0.05) is 34.3 Å². The maximum absolute atomic E-state index is 12.4. The molecular formula is C21H21IN2O2. The van der Waals surface area contributed by atoms with Gasteiger partial charge in [-0.05, 0) is 71.3 Å². The summed E-state index contributed by atoms with van der Waals surface area (Å²) in [6.45, 7) is 1.23. The van der Waals surface area contributed by atoms with Gasteiger partial charge in [-0.15, -0.1) is 0 Å². The summed E-state index contributed by atoms with van der Waals surface area (Å²) >= 11 is 2.24. The Hall–Kier alpha value is -2.15. The zero-order valence-electron chi connectivity index (χ0n) is 14.4. The quantitative estimate of drug-likeness (QED) is 0.550. The molecule has 3 rings (SSSR count). The highest BCUT2D eigenvalue weighted by Crippen LogP contribution is 2.20. The summed E-state index contributed by atoms with van der Waals surface area (Å²) in [6, 6.07) is 17.5. The summed E-state index contributed by atoms with van der Waals surface area (Å²) in [4.78, 5) is 26.5. The lowest BCUT2D eigenvalue weighted by molar-refractivity contribution is -0.130. The Bertz CT molecular complexity index is 779. The molecule has 5 heteroatoms. The van der Waals surface area contributed by atoms with E-state index in [1.165, 1.54) is 0 Å². The molecule has 0 saturated carbocycles. The number of carbonyl (C=O) groups excluding carboxylic acids is 2. The number of benzene rings is 2. The number of hydrogen-bond donors (Lipinski definition) is 1. The third-order valence-electron chi connectivity index (χ3n) is 4.51. The third-order valence-corrected chi connectivity index (χ3v) is 5.23. The van der Waals surface area contributed by atoms with Gasteiger partial charge in [-0.1, -0.05) is 30.3 Å². The lowest BCUT2D eigenvalue weighted by Gasteiger charge is -2.30. The van der Waals surface area contributed by atoms with Crippen LogP contribution in [0.1, 0.15) is 18.4 Å². The van der Waals surface area contributed by atoms with Crippen LogP contribution in [0.2, 0.25) is 0 Å². The van der Waals surface area contributed by atoms with Crippen LogP contribution in [0.15, 0.2) is 60.7 Å². The van der Waals surface area contributed by atoms with Crippen LogP contribution in [-0.4, -0.2) is 29.8 Å². The Balaban J connectivity index is 1.49. The molecule has 0 unspecified atom stereocenters. The number of halogens is 1. The normalized spacial score (nSPS) is 15.2. The second kappa shape index (κ2) is 8.98. The summed E-state index contributed by atoms with van der Waals surface area (Å²) in [5.74, 6) is -0.0000819. The van der Waals surface area contributed by atoms with Crippen LogP contribution in [0, 0.1) is 9.49 Å². The van der Waals surface area contributed by atoms with Crippen molar-refractivity contribution in [2.75, 3.05) is 18.4 Å². The monoisotopic (exact) mass is 460 g/mol. The second-order valence-corrected chi connectivity index (χ2v) is 7.59. The summed E-state index contributed by atoms with van der Waals surface area (Å²) in [7, 11) is 0. The third kappa shape index (κ3) is 5.17. The number of amides is 2. The molecule has 0 atom stereocenters. The van der Waals surface area contributed by atoms with Gasteiger partial charge < -0.3 is 10.2 Å². The van der Waals surface area contributed by atoms with Crippen LogP contribution in [0.5, 0.6) is 0 Å². The standard InChI is InChI=1S/C21H21IN2O2/c22-18-7-9-19(10-8-18)23-21(26)17-12-14-24(15-13-17)20(25)11-6-16-4-2-1-3-5-16/h1-11,17H,12-15H2,(H,23,26). The van der Waals surface area contributed by atoms with Gasteiger partial charge in [0.05, 0.1) is 0 Å². The summed E-state index contributed by atoms with van der Waals surface area (Å²) < 4.78 is 1.14. The van der Waals surface area contributed by atoms with Crippen molar-refractivity contribution in [3.63, 3.8) is 0 Å². The number of likely N-dealkylation sites (tertiary alicyclic amines) is 1. The van der Waals surface area contributed by atoms with Gasteiger partial charge in [0.1, 0.15) is 0 Å². The lowest BCUT2D eigenvalue weighted by atomic mass is 9.95. The minimum Gasteiger partial charge on any atom is -0.339 e. The summed E-state index contributed by atoms with van der Waals surface area (Å²) in [5, 5.41) is 2.97. The fourth-order valence-corrected chi connectivity index (χ4v) is 3.34. The van der Waals surface area contributed by atoms with Crippen LogP contribution in [0.25, 0.3) is 6.08 Å². The van der Waals surface area contributed by atoms with E-state index >= 15 is 0 Å². The van der Waals surface area contributed by atoms with Crippen molar-refractivity contribution in [2.24, 2.45) is 5.92 Å². The molecule has 1 aliphatic heterocycles. The van der Waals surface area contributed by atoms with E-state index in [4.69, 9.17) is 0 Å². The van der Waals surface area contributed by atoms with E-state index < -0.39 is 0 Å². The number of nitrogens with zero attached hydrogens (tertiary/aromatic N) is 1. The van der Waals surface area contributed by atoms with Gasteiger partial charge in [-0.25, -0.2) is 0 Å². The van der Waals surface area contributed by atoms with Crippen LogP contribution >= 0.6 is 22.6 Å². The highest BCUT2D eigenvalue weighted by molar-refractivity contribution is 14.1. The van der Waals surface area contributed by atoms with Crippen molar-refractivity contribution in [2.45, 2.75) is 12.8 Å². The van der Waals surface area contributed by atoms with E-state index in [1.807, 2.05) is 65.6 Å². The van der Waals surface area contributed by atoms with Crippen LogP contribution in [-0.2, 0) is 9.59 Å². The second-order valence-electron chi connectivity index (χ2n) is 6.34. The van der Waals surface area contributed by atoms with Crippen molar-refractivity contribution >= 4 is 46.2 Å². The number of rotatable bonds is 4. The fourth-order valence-electron chi connectivity index (χ4n) is 2.98. The molecule has 0 aliphatic carbocycles. The molecular weight excluding hydrogens is 439 g/mol. The van der Waals surface area contributed by atoms with Crippen molar-refractivity contribution < 1.29 is 9.59 Å². The molecule has 1 aliphatic rings. The zero-order chi connectivity index (χ0) is 18.4. The number of piperidine rings is 1. The average molecular weight is 460 g/mol. The fraction of sp³-hybridized carbons (Fsp3) is 0.238. The minimum atomic E-state index is -0.0450. The first-order valence-corrected chi connectivity index (χ1v) is 9.78. The van der Waals surface area contributed by atoms with E-state index in [-0.39, 0.29) is 17.7 Å². The molecule has 2 aromatic carbocycles. The molecule has 1 saturated heterocycles. The Morgan fingerprint density at radius 3 is 2.31 bits per heavy atom. The van der Waals surface area contributed by atoms with Crippen molar-refractivity contribution in [1.82, 2.24) is 4.90 Å². The topological polar surface area (TPSA) is 49.4 Å². The molecule has 2 aromatic rings. The maximum atomic E-state index is 12.4. The summed E-state index contributed by atoms with van der Waals surface area (Å²) in [6.07, 6.45) is 4.83. The average Bonchev–Trinajstić information content (AvgIpc) is 2.69. The number of anilines is 1. The van der Waals surface area contributed by atoms with Gasteiger partial charge in [0.2, 0.25) is 11.8 Å². The molecule has 0 spiro atoms. The van der Waals surface area contributed by atoms with E-state index in [9.17, 15) is 9.59 Å². The van der Waals surface area contributed by atoms with Crippen LogP contribution in [0.3, 0.4) is 0 Å². The number of hydrogen-bond acceptors (Lipinski definition) is 2. The molecule has 1 N–H and O–H groups in total. The first-order chi connectivity index (χ1) is 12.6. The Morgan fingerprint density at radius 1 is 1.00 bits per heavy atom. The zero-order valence-corrected chi connectivity index (χ0v) is 16.6. The Morgan fingerprint density at radius 2 is 1.65 bits per heavy atom. The van der Waals surface area contributed by atoms with Crippen molar-refractivity contribution in [3.8, 4) is 0 Å². The molecule has 0 radical (unpaired) electrons. The van der Waals surface area contributed by atoms with Gasteiger partial charge in [-0.3, -0.25) is 9.59 Å². The number of nitrogens with one attached hydrogen (secondary N) is 1. The van der Waals surface area contributed by atoms with E-state index in [1.54, 1.807) is 6.08 Å². The van der Waals surface area contributed by atoms with Gasteiger partial charge in [0.25, 0.3) is 0 Å². The molecule has 0 bridgehead atoms. The van der Waals surface area contributed by atoms with Crippen molar-refractivity contribution in [3.05, 3.63) is 69.8 Å². The van der Waals surface area contributed by atoms with E-state index in [0.717, 1.165) is 14.8 Å². The molecule has 134 valence electrons. The van der Waals surface area contributed by atoms with Gasteiger partial charge in [-0.2, -0.15) is 0 Å². The summed E-state index contributed by atoms with van der Waals surface area (Å²) in [5.41, 5.74) is 1.83. The van der Waals surface area contributed by atoms with Crippen LogP contribution in [0.4, 0.5) is 5.69 Å². The maximum Gasteiger partial charge on any atom is 0.246 e. The molecule has 0 aromatic heterocycles. The van der Waals surface area contributed by atoms with Crippen molar-refractivity contribution in [1.29, 1.82) is 0 Å². The highest BCUT2D eigenvalue weighted by atomic mass is 127. The SMILES string of the molecule is O=C(Nc1ccc(I)cc1)C1CCN(C(=O)C=Cc2ccccc2)CC1. The van der Waals surface area contributed by atoms with Crippen LogP contribution < -0.4 is 5.32 Å².